The van der Waals surface area contributed by atoms with Gasteiger partial charge in [0, 0.05) is 26.1 Å². The summed E-state index contributed by atoms with van der Waals surface area (Å²) in [5.41, 5.74) is -0.00691. The molecule has 0 spiro atoms. The lowest BCUT2D eigenvalue weighted by molar-refractivity contribution is -0.0721. The van der Waals surface area contributed by atoms with E-state index in [1.54, 1.807) is 6.07 Å². The molecule has 3 rings (SSSR count). The monoisotopic (exact) mass is 336 g/mol. The van der Waals surface area contributed by atoms with Gasteiger partial charge < -0.3 is 9.47 Å². The van der Waals surface area contributed by atoms with Crippen molar-refractivity contribution in [3.05, 3.63) is 34.0 Å². The normalized spacial score (nSPS) is 17.6. The Balaban J connectivity index is 2.07. The van der Waals surface area contributed by atoms with E-state index in [4.69, 9.17) is 9.47 Å². The minimum Gasteiger partial charge on any atom is -0.489 e. The molecule has 7 nitrogen and oxygen atoms in total. The van der Waals surface area contributed by atoms with Gasteiger partial charge in [-0.2, -0.15) is 9.36 Å². The van der Waals surface area contributed by atoms with Crippen molar-refractivity contribution in [3.8, 4) is 11.4 Å². The molecule has 24 heavy (non-hydrogen) atoms. The Hall–Kier alpha value is -2.22. The van der Waals surface area contributed by atoms with Crippen molar-refractivity contribution in [2.75, 3.05) is 13.2 Å². The molecule has 0 saturated carbocycles. The van der Waals surface area contributed by atoms with Gasteiger partial charge in [0.25, 0.3) is 0 Å². The van der Waals surface area contributed by atoms with Crippen molar-refractivity contribution >= 4 is 0 Å². The molecule has 0 radical (unpaired) electrons. The van der Waals surface area contributed by atoms with Crippen LogP contribution in [0.5, 0.6) is 5.75 Å². The molecule has 1 aliphatic rings. The molecule has 0 bridgehead atoms. The van der Waals surface area contributed by atoms with Crippen molar-refractivity contribution in [3.63, 3.8) is 0 Å². The number of ether oxygens (including phenoxy) is 2. The maximum atomic E-state index is 14.5. The van der Waals surface area contributed by atoms with Gasteiger partial charge in [0.05, 0.1) is 6.10 Å². The number of hydrogen-bond donors (Lipinski definition) is 0. The van der Waals surface area contributed by atoms with Crippen LogP contribution in [0.25, 0.3) is 5.69 Å². The van der Waals surface area contributed by atoms with Crippen LogP contribution < -0.4 is 10.4 Å². The molecule has 0 amide bonds. The molecule has 1 saturated heterocycles. The zero-order chi connectivity index (χ0) is 17.5. The van der Waals surface area contributed by atoms with E-state index in [1.165, 1.54) is 13.1 Å². The zero-order valence-corrected chi connectivity index (χ0v) is 14.2. The number of nitrogens with zero attached hydrogens (tertiary/aromatic N) is 4. The predicted molar refractivity (Wildman–Crippen MR) is 85.1 cm³/mol. The molecule has 1 atom stereocenters. The number of rotatable bonds is 4. The van der Waals surface area contributed by atoms with Crippen molar-refractivity contribution in [1.82, 2.24) is 19.8 Å². The fraction of sp³-hybridized carbons (Fsp3) is 0.562. The average molecular weight is 336 g/mol. The highest BCUT2D eigenvalue weighted by atomic mass is 19.1. The summed E-state index contributed by atoms with van der Waals surface area (Å²) in [6.45, 7) is 6.71. The van der Waals surface area contributed by atoms with Gasteiger partial charge in [-0.05, 0) is 27.5 Å². The fourth-order valence-corrected chi connectivity index (χ4v) is 2.46. The summed E-state index contributed by atoms with van der Waals surface area (Å²) >= 11 is 0. The minimum absolute atomic E-state index is 0.00165. The predicted octanol–water partition coefficient (Wildman–Crippen LogP) is 1.57. The third-order valence-corrected chi connectivity index (χ3v) is 4.02. The molecule has 1 aromatic heterocycles. The fourth-order valence-electron chi connectivity index (χ4n) is 2.46. The second-order valence-electron chi connectivity index (χ2n) is 6.94. The third-order valence-electron chi connectivity index (χ3n) is 4.02. The van der Waals surface area contributed by atoms with Crippen molar-refractivity contribution in [2.24, 2.45) is 7.05 Å². The van der Waals surface area contributed by atoms with Crippen LogP contribution in [0.15, 0.2) is 16.9 Å². The SMILES string of the molecule is Cn1nnn(-c2cc(C(C)(C)C)c(F)cc2OCC2CCO2)c1=O. The van der Waals surface area contributed by atoms with Crippen LogP contribution in [0.4, 0.5) is 4.39 Å². The van der Waals surface area contributed by atoms with Gasteiger partial charge in [0.15, 0.2) is 0 Å². The first-order valence-corrected chi connectivity index (χ1v) is 7.85. The summed E-state index contributed by atoms with van der Waals surface area (Å²) in [6.07, 6.45) is 0.907. The Morgan fingerprint density at radius 1 is 1.38 bits per heavy atom. The Bertz CT molecular complexity index is 803. The Morgan fingerprint density at radius 3 is 2.58 bits per heavy atom. The van der Waals surface area contributed by atoms with Gasteiger partial charge in [-0.15, -0.1) is 0 Å². The number of halogens is 1. The van der Waals surface area contributed by atoms with E-state index >= 15 is 0 Å². The second-order valence-corrected chi connectivity index (χ2v) is 6.94. The average Bonchev–Trinajstić information content (AvgIpc) is 2.76. The first-order valence-electron chi connectivity index (χ1n) is 7.85. The van der Waals surface area contributed by atoms with Crippen molar-refractivity contribution in [1.29, 1.82) is 0 Å². The lowest BCUT2D eigenvalue weighted by atomic mass is 9.86. The Morgan fingerprint density at radius 2 is 2.08 bits per heavy atom. The number of aromatic nitrogens is 4. The molecule has 0 N–H and O–H groups in total. The van der Waals surface area contributed by atoms with Crippen LogP contribution in [0.1, 0.15) is 32.8 Å². The quantitative estimate of drug-likeness (QED) is 0.847. The summed E-state index contributed by atoms with van der Waals surface area (Å²) < 4.78 is 27.8. The molecule has 1 fully saturated rings. The summed E-state index contributed by atoms with van der Waals surface area (Å²) in [6, 6.07) is 2.90. The van der Waals surface area contributed by atoms with E-state index in [0.29, 0.717) is 24.5 Å². The molecule has 130 valence electrons. The molecule has 2 aromatic rings. The van der Waals surface area contributed by atoms with Gasteiger partial charge in [-0.1, -0.05) is 20.8 Å². The van der Waals surface area contributed by atoms with E-state index in [2.05, 4.69) is 10.4 Å². The maximum Gasteiger partial charge on any atom is 0.368 e. The highest BCUT2D eigenvalue weighted by Crippen LogP contribution is 2.32. The number of aryl methyl sites for hydroxylation is 1. The lowest BCUT2D eigenvalue weighted by Gasteiger charge is -2.27. The van der Waals surface area contributed by atoms with E-state index in [9.17, 15) is 9.18 Å². The molecule has 1 unspecified atom stereocenters. The van der Waals surface area contributed by atoms with Crippen LogP contribution in [-0.4, -0.2) is 39.1 Å². The lowest BCUT2D eigenvalue weighted by Crippen LogP contribution is -2.33. The molecular formula is C16H21FN4O3. The topological polar surface area (TPSA) is 71.2 Å². The summed E-state index contributed by atoms with van der Waals surface area (Å²) in [5.74, 6) is -0.133. The molecule has 2 heterocycles. The Kier molecular flexibility index (Phi) is 4.16. The zero-order valence-electron chi connectivity index (χ0n) is 14.2. The van der Waals surface area contributed by atoms with Crippen LogP contribution >= 0.6 is 0 Å². The molecule has 1 aliphatic heterocycles. The minimum atomic E-state index is -0.430. The van der Waals surface area contributed by atoms with Gasteiger partial charge in [-0.3, -0.25) is 0 Å². The number of hydrogen-bond acceptors (Lipinski definition) is 5. The summed E-state index contributed by atoms with van der Waals surface area (Å²) in [4.78, 5) is 12.2. The first kappa shape index (κ1) is 16.6. The van der Waals surface area contributed by atoms with Crippen molar-refractivity contribution in [2.45, 2.75) is 38.7 Å². The number of benzene rings is 1. The van der Waals surface area contributed by atoms with E-state index in [1.807, 2.05) is 20.8 Å². The van der Waals surface area contributed by atoms with Gasteiger partial charge in [0.1, 0.15) is 23.9 Å². The molecule has 8 heteroatoms. The smallest absolute Gasteiger partial charge is 0.368 e. The van der Waals surface area contributed by atoms with E-state index in [-0.39, 0.29) is 17.7 Å². The van der Waals surface area contributed by atoms with Crippen LogP contribution in [0, 0.1) is 5.82 Å². The highest BCUT2D eigenvalue weighted by Gasteiger charge is 2.25. The highest BCUT2D eigenvalue weighted by molar-refractivity contribution is 5.50. The summed E-state index contributed by atoms with van der Waals surface area (Å²) in [7, 11) is 1.50. The van der Waals surface area contributed by atoms with Crippen molar-refractivity contribution < 1.29 is 13.9 Å². The van der Waals surface area contributed by atoms with Crippen LogP contribution in [-0.2, 0) is 17.2 Å². The van der Waals surface area contributed by atoms with Crippen LogP contribution in [0.3, 0.4) is 0 Å². The Labute approximate surface area is 139 Å². The third kappa shape index (κ3) is 3.06. The standard InChI is InChI=1S/C16H21FN4O3/c1-16(2,3)11-7-13(21-15(22)20(4)18-19-21)14(8-12(11)17)24-9-10-5-6-23-10/h7-8,10H,5-6,9H2,1-4H3. The van der Waals surface area contributed by atoms with Gasteiger partial charge >= 0.3 is 5.69 Å². The van der Waals surface area contributed by atoms with Crippen LogP contribution in [0.2, 0.25) is 0 Å². The number of tetrazole rings is 1. The maximum absolute atomic E-state index is 14.5. The van der Waals surface area contributed by atoms with E-state index in [0.717, 1.165) is 15.8 Å². The molecular weight excluding hydrogens is 315 g/mol. The summed E-state index contributed by atoms with van der Waals surface area (Å²) in [5, 5.41) is 7.56. The molecule has 1 aromatic carbocycles. The van der Waals surface area contributed by atoms with Gasteiger partial charge in [-0.25, -0.2) is 9.18 Å². The van der Waals surface area contributed by atoms with Gasteiger partial charge in [0.2, 0.25) is 0 Å². The second kappa shape index (κ2) is 6.01. The largest absolute Gasteiger partial charge is 0.489 e. The van der Waals surface area contributed by atoms with E-state index < -0.39 is 11.1 Å². The first-order chi connectivity index (χ1) is 11.3. The molecule has 0 aliphatic carbocycles.